The van der Waals surface area contributed by atoms with Gasteiger partial charge in [-0.2, -0.15) is 5.10 Å². The van der Waals surface area contributed by atoms with E-state index in [9.17, 15) is 4.79 Å². The van der Waals surface area contributed by atoms with Crippen LogP contribution in [-0.2, 0) is 22.5 Å². The van der Waals surface area contributed by atoms with Gasteiger partial charge in [-0.25, -0.2) is 9.97 Å². The molecule has 0 aliphatic rings. The minimum Gasteiger partial charge on any atom is -0.383 e. The maximum atomic E-state index is 11.7. The molecule has 0 bridgehead atoms. The smallest absolute Gasteiger partial charge is 0.241 e. The average Bonchev–Trinajstić information content (AvgIpc) is 2.93. The number of carbonyl (C=O) groups excluding carboxylic acids is 1. The molecule has 2 aromatic rings. The van der Waals surface area contributed by atoms with Crippen LogP contribution in [0.5, 0.6) is 0 Å². The number of nitrogens with zero attached hydrogens (tertiary/aromatic N) is 4. The molecule has 0 aliphatic heterocycles. The van der Waals surface area contributed by atoms with Gasteiger partial charge >= 0.3 is 0 Å². The van der Waals surface area contributed by atoms with E-state index in [4.69, 9.17) is 4.74 Å². The Morgan fingerprint density at radius 2 is 2.22 bits per heavy atom. The second kappa shape index (κ2) is 8.23. The van der Waals surface area contributed by atoms with Crippen molar-refractivity contribution >= 4 is 17.4 Å². The molecule has 2 aromatic heterocycles. The van der Waals surface area contributed by atoms with Gasteiger partial charge in [-0.15, -0.1) is 0 Å². The van der Waals surface area contributed by atoms with Gasteiger partial charge in [-0.1, -0.05) is 6.92 Å². The maximum absolute atomic E-state index is 11.7. The molecule has 2 heterocycles. The van der Waals surface area contributed by atoms with Crippen LogP contribution in [0.2, 0.25) is 0 Å². The maximum Gasteiger partial charge on any atom is 0.241 e. The summed E-state index contributed by atoms with van der Waals surface area (Å²) in [5, 5.41) is 10.1. The lowest BCUT2D eigenvalue weighted by Crippen LogP contribution is -2.30. The lowest BCUT2D eigenvalue weighted by molar-refractivity contribution is -0.122. The molecule has 8 nitrogen and oxygen atoms in total. The van der Waals surface area contributed by atoms with Crippen LogP contribution >= 0.6 is 0 Å². The van der Waals surface area contributed by atoms with Crippen LogP contribution in [-0.4, -0.2) is 45.9 Å². The van der Waals surface area contributed by atoms with E-state index in [-0.39, 0.29) is 12.5 Å². The predicted molar refractivity (Wildman–Crippen MR) is 86.5 cm³/mol. The summed E-state index contributed by atoms with van der Waals surface area (Å²) < 4.78 is 6.45. The Morgan fingerprint density at radius 1 is 1.39 bits per heavy atom. The predicted octanol–water partition coefficient (Wildman–Crippen LogP) is 1.05. The lowest BCUT2D eigenvalue weighted by atomic mass is 10.3. The van der Waals surface area contributed by atoms with Crippen molar-refractivity contribution in [3.05, 3.63) is 30.0 Å². The number of anilines is 2. The zero-order valence-electron chi connectivity index (χ0n) is 13.7. The summed E-state index contributed by atoms with van der Waals surface area (Å²) in [7, 11) is 1.59. The zero-order chi connectivity index (χ0) is 16.7. The second-order valence-electron chi connectivity index (χ2n) is 5.04. The van der Waals surface area contributed by atoms with E-state index in [0.29, 0.717) is 13.2 Å². The van der Waals surface area contributed by atoms with Gasteiger partial charge < -0.3 is 15.4 Å². The highest BCUT2D eigenvalue weighted by atomic mass is 16.5. The van der Waals surface area contributed by atoms with Crippen molar-refractivity contribution < 1.29 is 9.53 Å². The van der Waals surface area contributed by atoms with Crippen molar-refractivity contribution in [2.45, 2.75) is 26.8 Å². The third-order valence-electron chi connectivity index (χ3n) is 3.09. The number of ether oxygens (including phenoxy) is 1. The number of carbonyl (C=O) groups is 1. The van der Waals surface area contributed by atoms with E-state index in [1.54, 1.807) is 24.2 Å². The summed E-state index contributed by atoms with van der Waals surface area (Å²) in [6.07, 6.45) is 4.27. The number of hydrogen-bond acceptors (Lipinski definition) is 6. The largest absolute Gasteiger partial charge is 0.383 e. The molecule has 0 aliphatic carbocycles. The van der Waals surface area contributed by atoms with E-state index in [2.05, 4.69) is 25.7 Å². The van der Waals surface area contributed by atoms with Crippen LogP contribution in [0.1, 0.15) is 18.4 Å². The molecular formula is C15H22N6O2. The highest BCUT2D eigenvalue weighted by molar-refractivity contribution is 5.75. The van der Waals surface area contributed by atoms with Crippen LogP contribution in [0.4, 0.5) is 11.5 Å². The van der Waals surface area contributed by atoms with Gasteiger partial charge in [0, 0.05) is 31.6 Å². The molecule has 23 heavy (non-hydrogen) atoms. The first-order valence-electron chi connectivity index (χ1n) is 7.50. The fraction of sp³-hybridized carbons (Fsp3) is 0.467. The topological polar surface area (TPSA) is 94.0 Å². The molecule has 0 fully saturated rings. The summed E-state index contributed by atoms with van der Waals surface area (Å²) in [4.78, 5) is 20.4. The summed E-state index contributed by atoms with van der Waals surface area (Å²) in [6, 6.07) is 1.90. The molecule has 0 radical (unpaired) electrons. The monoisotopic (exact) mass is 318 g/mol. The van der Waals surface area contributed by atoms with Crippen LogP contribution in [0.3, 0.4) is 0 Å². The lowest BCUT2D eigenvalue weighted by Gasteiger charge is -2.06. The molecule has 1 amide bonds. The molecule has 0 aromatic carbocycles. The highest BCUT2D eigenvalue weighted by Crippen LogP contribution is 2.14. The van der Waals surface area contributed by atoms with Gasteiger partial charge in [0.2, 0.25) is 5.91 Å². The third-order valence-corrected chi connectivity index (χ3v) is 3.09. The van der Waals surface area contributed by atoms with E-state index < -0.39 is 0 Å². The van der Waals surface area contributed by atoms with Crippen molar-refractivity contribution in [1.29, 1.82) is 0 Å². The molecule has 2 rings (SSSR count). The number of hydrogen-bond donors (Lipinski definition) is 2. The van der Waals surface area contributed by atoms with Gasteiger partial charge in [0.1, 0.15) is 18.2 Å². The molecule has 124 valence electrons. The summed E-state index contributed by atoms with van der Waals surface area (Å²) in [5.74, 6) is 1.33. The van der Waals surface area contributed by atoms with Gasteiger partial charge in [0.05, 0.1) is 18.5 Å². The minimum atomic E-state index is -0.108. The number of aromatic nitrogens is 4. The third kappa shape index (κ3) is 5.33. The number of rotatable bonds is 8. The van der Waals surface area contributed by atoms with Crippen molar-refractivity contribution in [2.75, 3.05) is 25.6 Å². The Bertz CT molecular complexity index is 655. The van der Waals surface area contributed by atoms with E-state index in [0.717, 1.165) is 29.4 Å². The van der Waals surface area contributed by atoms with Crippen molar-refractivity contribution in [3.8, 4) is 0 Å². The standard InChI is InChI=1S/C15H22N6O2/c1-4-12-7-14(19-11(2)18-12)20-13-8-17-21(9-13)10-15(22)16-5-6-23-3/h7-9H,4-6,10H2,1-3H3,(H,16,22)(H,18,19,20). The number of nitrogens with one attached hydrogen (secondary N) is 2. The van der Waals surface area contributed by atoms with Crippen molar-refractivity contribution in [2.24, 2.45) is 0 Å². The SMILES string of the molecule is CCc1cc(Nc2cnn(CC(=O)NCCOC)c2)nc(C)n1. The molecular weight excluding hydrogens is 296 g/mol. The van der Waals surface area contributed by atoms with E-state index >= 15 is 0 Å². The first kappa shape index (κ1) is 16.9. The fourth-order valence-electron chi connectivity index (χ4n) is 2.03. The summed E-state index contributed by atoms with van der Waals surface area (Å²) >= 11 is 0. The number of aryl methyl sites for hydroxylation is 2. The molecule has 0 unspecified atom stereocenters. The van der Waals surface area contributed by atoms with Crippen LogP contribution in [0.15, 0.2) is 18.5 Å². The molecule has 0 saturated heterocycles. The van der Waals surface area contributed by atoms with Gasteiger partial charge in [-0.3, -0.25) is 9.48 Å². The Kier molecular flexibility index (Phi) is 6.04. The quantitative estimate of drug-likeness (QED) is 0.707. The molecule has 0 atom stereocenters. The Hall–Kier alpha value is -2.48. The van der Waals surface area contributed by atoms with Gasteiger partial charge in [0.25, 0.3) is 0 Å². The van der Waals surface area contributed by atoms with Crippen LogP contribution in [0.25, 0.3) is 0 Å². The Balaban J connectivity index is 1.94. The van der Waals surface area contributed by atoms with Crippen molar-refractivity contribution in [3.63, 3.8) is 0 Å². The van der Waals surface area contributed by atoms with Crippen LogP contribution in [0, 0.1) is 6.92 Å². The molecule has 0 saturated carbocycles. The zero-order valence-corrected chi connectivity index (χ0v) is 13.7. The second-order valence-corrected chi connectivity index (χ2v) is 5.04. The van der Waals surface area contributed by atoms with Gasteiger partial charge in [-0.05, 0) is 13.3 Å². The van der Waals surface area contributed by atoms with Gasteiger partial charge in [0.15, 0.2) is 0 Å². The minimum absolute atomic E-state index is 0.108. The Labute approximate surface area is 135 Å². The number of methoxy groups -OCH3 is 1. The normalized spacial score (nSPS) is 10.6. The first-order chi connectivity index (χ1) is 11.1. The van der Waals surface area contributed by atoms with Crippen molar-refractivity contribution in [1.82, 2.24) is 25.1 Å². The molecule has 0 spiro atoms. The summed E-state index contributed by atoms with van der Waals surface area (Å²) in [6.45, 7) is 5.05. The van der Waals surface area contributed by atoms with E-state index in [1.807, 2.05) is 19.9 Å². The van der Waals surface area contributed by atoms with Crippen LogP contribution < -0.4 is 10.6 Å². The highest BCUT2D eigenvalue weighted by Gasteiger charge is 2.06. The molecule has 8 heteroatoms. The number of amides is 1. The first-order valence-corrected chi connectivity index (χ1v) is 7.50. The fourth-order valence-corrected chi connectivity index (χ4v) is 2.03. The Morgan fingerprint density at radius 3 is 2.96 bits per heavy atom. The molecule has 2 N–H and O–H groups in total. The summed E-state index contributed by atoms with van der Waals surface area (Å²) in [5.41, 5.74) is 1.75. The average molecular weight is 318 g/mol. The van der Waals surface area contributed by atoms with E-state index in [1.165, 1.54) is 0 Å².